The molecule has 1 N–H and O–H groups in total. The lowest BCUT2D eigenvalue weighted by Gasteiger charge is -2.12. The molecule has 0 saturated carbocycles. The number of H-pyrrole nitrogens is 1. The summed E-state index contributed by atoms with van der Waals surface area (Å²) >= 11 is 0. The smallest absolute Gasteiger partial charge is 0.178 e. The second-order valence-electron chi connectivity index (χ2n) is 7.49. The van der Waals surface area contributed by atoms with Crippen molar-refractivity contribution in [1.29, 1.82) is 0 Å². The summed E-state index contributed by atoms with van der Waals surface area (Å²) < 4.78 is 32.3. The minimum Gasteiger partial charge on any atom is -0.457 e. The summed E-state index contributed by atoms with van der Waals surface area (Å²) in [4.78, 5) is 16.8. The summed E-state index contributed by atoms with van der Waals surface area (Å²) in [6, 6.07) is 16.0. The maximum Gasteiger partial charge on any atom is 0.178 e. The van der Waals surface area contributed by atoms with Gasteiger partial charge in [0.2, 0.25) is 0 Å². The van der Waals surface area contributed by atoms with Gasteiger partial charge in [0.1, 0.15) is 17.2 Å². The second kappa shape index (κ2) is 8.51. The molecule has 0 atom stereocenters. The largest absolute Gasteiger partial charge is 0.457 e. The van der Waals surface area contributed by atoms with Crippen molar-refractivity contribution in [2.75, 3.05) is 5.75 Å². The fourth-order valence-electron chi connectivity index (χ4n) is 3.51. The summed E-state index contributed by atoms with van der Waals surface area (Å²) in [5.74, 6) is 1.89. The first-order valence-corrected chi connectivity index (χ1v) is 12.1. The van der Waals surface area contributed by atoms with Gasteiger partial charge in [-0.3, -0.25) is 4.98 Å². The quantitative estimate of drug-likeness (QED) is 0.386. The Labute approximate surface area is 190 Å². The number of imidazole rings is 2. The molecule has 0 saturated heterocycles. The summed E-state index contributed by atoms with van der Waals surface area (Å²) in [5.41, 5.74) is 3.27. The Morgan fingerprint density at radius 3 is 2.61 bits per heavy atom. The van der Waals surface area contributed by atoms with Gasteiger partial charge in [0.25, 0.3) is 0 Å². The lowest BCUT2D eigenvalue weighted by atomic mass is 10.1. The van der Waals surface area contributed by atoms with Crippen LogP contribution in [0.4, 0.5) is 0 Å². The number of aromatic amines is 1. The molecule has 0 aliphatic rings. The third-order valence-corrected chi connectivity index (χ3v) is 7.02. The molecule has 2 aromatic carbocycles. The van der Waals surface area contributed by atoms with Crippen molar-refractivity contribution in [2.24, 2.45) is 0 Å². The Morgan fingerprint density at radius 1 is 1.06 bits per heavy atom. The van der Waals surface area contributed by atoms with Crippen molar-refractivity contribution < 1.29 is 13.2 Å². The maximum atomic E-state index is 12.1. The molecule has 0 aliphatic heterocycles. The number of ether oxygens (including phenoxy) is 1. The van der Waals surface area contributed by atoms with Crippen LogP contribution in [0.3, 0.4) is 0 Å². The van der Waals surface area contributed by atoms with Crippen LogP contribution in [0.5, 0.6) is 11.5 Å². The highest BCUT2D eigenvalue weighted by Crippen LogP contribution is 2.32. The summed E-state index contributed by atoms with van der Waals surface area (Å²) in [6.45, 7) is 2.17. The molecule has 0 aliphatic carbocycles. The van der Waals surface area contributed by atoms with Crippen LogP contribution < -0.4 is 4.74 Å². The molecular formula is C24H21N5O3S. The minimum atomic E-state index is -3.27. The van der Waals surface area contributed by atoms with Crippen LogP contribution in [0.2, 0.25) is 0 Å². The van der Waals surface area contributed by atoms with E-state index >= 15 is 0 Å². The number of nitrogens with one attached hydrogen (secondary N) is 1. The highest BCUT2D eigenvalue weighted by molar-refractivity contribution is 7.91. The molecule has 5 rings (SSSR count). The van der Waals surface area contributed by atoms with Gasteiger partial charge in [0.15, 0.2) is 15.7 Å². The molecule has 8 nitrogen and oxygen atoms in total. The second-order valence-corrected chi connectivity index (χ2v) is 9.77. The molecule has 0 unspecified atom stereocenters. The summed E-state index contributed by atoms with van der Waals surface area (Å²) in [5, 5.41) is 0. The van der Waals surface area contributed by atoms with Crippen LogP contribution in [0.25, 0.3) is 22.6 Å². The molecule has 33 heavy (non-hydrogen) atoms. The van der Waals surface area contributed by atoms with Gasteiger partial charge in [0, 0.05) is 30.2 Å². The monoisotopic (exact) mass is 459 g/mol. The first-order valence-electron chi connectivity index (χ1n) is 10.4. The van der Waals surface area contributed by atoms with Crippen LogP contribution >= 0.6 is 0 Å². The number of hydrogen-bond acceptors (Lipinski definition) is 6. The fraction of sp³-hybridized carbons (Fsp3) is 0.125. The third-order valence-electron chi connectivity index (χ3n) is 5.27. The van der Waals surface area contributed by atoms with E-state index in [1.54, 1.807) is 49.9 Å². The van der Waals surface area contributed by atoms with Crippen LogP contribution in [0, 0.1) is 0 Å². The summed E-state index contributed by atoms with van der Waals surface area (Å²) in [6.07, 6.45) is 7.07. The molecular weight excluding hydrogens is 438 g/mol. The SMILES string of the molecule is CCS(=O)(=O)c1ccc(Oc2cc3nc(-c4ccccn4)[nH]c3cc2Cn2ccnc2)cc1. The fourth-order valence-corrected chi connectivity index (χ4v) is 4.39. The standard InChI is InChI=1S/C24H21N5O3S/c1-2-33(30,31)19-8-6-18(7-9-19)32-23-14-22-21(13-17(23)15-29-12-11-25-16-29)27-24(28-22)20-5-3-4-10-26-20/h3-14,16H,2,15H2,1H3,(H,27,28). The lowest BCUT2D eigenvalue weighted by molar-refractivity contribution is 0.474. The molecule has 0 bridgehead atoms. The van der Waals surface area contributed by atoms with E-state index in [1.165, 1.54) is 0 Å². The van der Waals surface area contributed by atoms with Gasteiger partial charge >= 0.3 is 0 Å². The molecule has 0 amide bonds. The van der Waals surface area contributed by atoms with E-state index in [0.717, 1.165) is 22.3 Å². The first-order chi connectivity index (χ1) is 16.0. The average Bonchev–Trinajstić information content (AvgIpc) is 3.50. The Hall–Kier alpha value is -3.98. The van der Waals surface area contributed by atoms with Crippen LogP contribution in [0.1, 0.15) is 12.5 Å². The molecule has 0 fully saturated rings. The van der Waals surface area contributed by atoms with Crippen molar-refractivity contribution in [3.05, 3.63) is 85.1 Å². The Bertz CT molecular complexity index is 1490. The first kappa shape index (κ1) is 20.9. The van der Waals surface area contributed by atoms with Crippen molar-refractivity contribution in [3.8, 4) is 23.0 Å². The Balaban J connectivity index is 1.54. The lowest BCUT2D eigenvalue weighted by Crippen LogP contribution is -2.03. The Morgan fingerprint density at radius 2 is 1.91 bits per heavy atom. The Kier molecular flexibility index (Phi) is 5.39. The molecule has 5 aromatic rings. The number of aromatic nitrogens is 5. The van der Waals surface area contributed by atoms with E-state index in [1.807, 2.05) is 41.1 Å². The van der Waals surface area contributed by atoms with E-state index in [-0.39, 0.29) is 10.6 Å². The van der Waals surface area contributed by atoms with E-state index in [4.69, 9.17) is 4.74 Å². The van der Waals surface area contributed by atoms with Crippen molar-refractivity contribution in [2.45, 2.75) is 18.4 Å². The number of fused-ring (bicyclic) bond motifs is 1. The summed E-state index contributed by atoms with van der Waals surface area (Å²) in [7, 11) is -3.27. The topological polar surface area (TPSA) is 103 Å². The number of sulfone groups is 1. The van der Waals surface area contributed by atoms with Gasteiger partial charge in [-0.25, -0.2) is 18.4 Å². The van der Waals surface area contributed by atoms with Crippen molar-refractivity contribution in [3.63, 3.8) is 0 Å². The molecule has 9 heteroatoms. The zero-order valence-corrected chi connectivity index (χ0v) is 18.7. The van der Waals surface area contributed by atoms with Gasteiger partial charge in [-0.05, 0) is 42.5 Å². The van der Waals surface area contributed by atoms with Gasteiger partial charge in [-0.15, -0.1) is 0 Å². The average molecular weight is 460 g/mol. The number of hydrogen-bond donors (Lipinski definition) is 1. The number of pyridine rings is 1. The molecule has 0 spiro atoms. The number of benzene rings is 2. The number of nitrogens with zero attached hydrogens (tertiary/aromatic N) is 4. The van der Waals surface area contributed by atoms with Crippen molar-refractivity contribution in [1.82, 2.24) is 24.5 Å². The predicted molar refractivity (Wildman–Crippen MR) is 125 cm³/mol. The van der Waals surface area contributed by atoms with Gasteiger partial charge in [0.05, 0.1) is 34.6 Å². The van der Waals surface area contributed by atoms with Gasteiger partial charge < -0.3 is 14.3 Å². The minimum absolute atomic E-state index is 0.0523. The highest BCUT2D eigenvalue weighted by Gasteiger charge is 2.15. The van der Waals surface area contributed by atoms with Gasteiger partial charge in [-0.2, -0.15) is 0 Å². The van der Waals surface area contributed by atoms with Gasteiger partial charge in [-0.1, -0.05) is 13.0 Å². The molecule has 0 radical (unpaired) electrons. The van der Waals surface area contributed by atoms with E-state index in [2.05, 4.69) is 19.9 Å². The zero-order chi connectivity index (χ0) is 22.8. The molecule has 3 heterocycles. The van der Waals surface area contributed by atoms with Crippen molar-refractivity contribution >= 4 is 20.9 Å². The maximum absolute atomic E-state index is 12.1. The van der Waals surface area contributed by atoms with E-state index in [9.17, 15) is 8.42 Å². The van der Waals surface area contributed by atoms with E-state index < -0.39 is 9.84 Å². The zero-order valence-electron chi connectivity index (χ0n) is 17.8. The number of rotatable bonds is 7. The third kappa shape index (κ3) is 4.35. The predicted octanol–water partition coefficient (Wildman–Crippen LogP) is 4.46. The highest BCUT2D eigenvalue weighted by atomic mass is 32.2. The van der Waals surface area contributed by atoms with Crippen LogP contribution in [-0.2, 0) is 16.4 Å². The van der Waals surface area contributed by atoms with E-state index in [0.29, 0.717) is 23.9 Å². The van der Waals surface area contributed by atoms with Crippen LogP contribution in [0.15, 0.2) is 84.4 Å². The molecule has 3 aromatic heterocycles. The normalized spacial score (nSPS) is 11.7. The van der Waals surface area contributed by atoms with Crippen LogP contribution in [-0.4, -0.2) is 38.7 Å². The molecule has 166 valence electrons.